The van der Waals surface area contributed by atoms with Crippen LogP contribution in [0.3, 0.4) is 0 Å². The van der Waals surface area contributed by atoms with Gasteiger partial charge in [0.2, 0.25) is 5.95 Å². The summed E-state index contributed by atoms with van der Waals surface area (Å²) in [4.78, 5) is 22.4. The number of aromatic nitrogens is 6. The lowest BCUT2D eigenvalue weighted by atomic mass is 9.95. The highest BCUT2D eigenvalue weighted by Gasteiger charge is 2.56. The van der Waals surface area contributed by atoms with E-state index in [1.165, 1.54) is 40.7 Å². The van der Waals surface area contributed by atoms with Crippen molar-refractivity contribution in [3.8, 4) is 16.9 Å². The smallest absolute Gasteiger partial charge is 0.287 e. The van der Waals surface area contributed by atoms with E-state index >= 15 is 4.39 Å². The molecule has 0 amide bonds. The fraction of sp³-hybridized carbons (Fsp3) is 0.259. The number of hydrogen-bond donors (Lipinski definition) is 0. The van der Waals surface area contributed by atoms with E-state index in [0.717, 1.165) is 12.5 Å². The number of benzene rings is 2. The molecular weight excluding hydrogens is 550 g/mol. The number of tetrazole rings is 1. The minimum absolute atomic E-state index is 0.00320. The highest BCUT2D eigenvalue weighted by molar-refractivity contribution is 6.31. The predicted octanol–water partition coefficient (Wildman–Crippen LogP) is 5.71. The van der Waals surface area contributed by atoms with Crippen LogP contribution in [0.5, 0.6) is 0 Å². The molecule has 4 aromatic rings. The summed E-state index contributed by atoms with van der Waals surface area (Å²) < 4.78 is 58.5. The van der Waals surface area contributed by atoms with Crippen LogP contribution < -0.4 is 5.56 Å². The number of allylic oxidation sites excluding steroid dienone is 1. The number of aliphatic imine (C=N–C) groups is 1. The molecule has 2 aliphatic heterocycles. The SMILES string of the molecule is Cc1ccc(C2=C(F)N=C(C3C4CC4c4nc(-c5cc(Cl)ccc5-n5cnnn5)cc(=O)n43)C2)cc1C(F)(F)F. The highest BCUT2D eigenvalue weighted by atomic mass is 35.5. The van der Waals surface area contributed by atoms with Gasteiger partial charge in [0, 0.05) is 40.3 Å². The van der Waals surface area contributed by atoms with Crippen molar-refractivity contribution in [3.63, 3.8) is 0 Å². The van der Waals surface area contributed by atoms with Gasteiger partial charge < -0.3 is 0 Å². The Bertz CT molecular complexity index is 1830. The lowest BCUT2D eigenvalue weighted by Crippen LogP contribution is -2.30. The number of halogens is 5. The number of fused-ring (bicyclic) bond motifs is 3. The van der Waals surface area contributed by atoms with Crippen molar-refractivity contribution in [1.29, 1.82) is 0 Å². The van der Waals surface area contributed by atoms with Crippen molar-refractivity contribution in [2.24, 2.45) is 10.9 Å². The zero-order valence-corrected chi connectivity index (χ0v) is 21.4. The standard InChI is InChI=1S/C27H18ClF4N7O/c1-12-2-3-13(6-19(12)27(30,31)32)15-9-21(34-25(15)29)24-16-8-17(16)26-35-20(10-23(40)39(24)26)18-7-14(28)4-5-22(18)38-11-33-36-37-38/h2-7,10-11,16-17,24H,8-9H2,1H3. The van der Waals surface area contributed by atoms with Gasteiger partial charge in [-0.15, -0.1) is 5.10 Å². The Hall–Kier alpha value is -4.19. The van der Waals surface area contributed by atoms with Crippen molar-refractivity contribution in [1.82, 2.24) is 29.8 Å². The average molecular weight is 568 g/mol. The first-order chi connectivity index (χ1) is 19.1. The summed E-state index contributed by atoms with van der Waals surface area (Å²) >= 11 is 6.26. The molecule has 4 heterocycles. The van der Waals surface area contributed by atoms with Crippen LogP contribution in [0.4, 0.5) is 17.6 Å². The number of rotatable bonds is 4. The molecule has 0 saturated heterocycles. The molecule has 7 rings (SSSR count). The third-order valence-corrected chi connectivity index (χ3v) is 7.98. The summed E-state index contributed by atoms with van der Waals surface area (Å²) in [5, 5.41) is 11.7. The maximum Gasteiger partial charge on any atom is 0.416 e. The average Bonchev–Trinajstić information content (AvgIpc) is 3.21. The van der Waals surface area contributed by atoms with Crippen LogP contribution in [0.15, 0.2) is 64.5 Å². The molecule has 3 aliphatic rings. The highest BCUT2D eigenvalue weighted by Crippen LogP contribution is 2.60. The minimum Gasteiger partial charge on any atom is -0.287 e. The zero-order valence-electron chi connectivity index (χ0n) is 20.7. The summed E-state index contributed by atoms with van der Waals surface area (Å²) in [6.45, 7) is 1.36. The summed E-state index contributed by atoms with van der Waals surface area (Å²) in [5.41, 5.74) is 1.04. The van der Waals surface area contributed by atoms with E-state index < -0.39 is 23.7 Å². The van der Waals surface area contributed by atoms with Crippen LogP contribution in [-0.4, -0.2) is 35.5 Å². The molecule has 1 fully saturated rings. The lowest BCUT2D eigenvalue weighted by molar-refractivity contribution is -0.138. The molecule has 2 aromatic heterocycles. The fourth-order valence-corrected chi connectivity index (χ4v) is 5.99. The van der Waals surface area contributed by atoms with Gasteiger partial charge in [0.25, 0.3) is 5.56 Å². The first-order valence-corrected chi connectivity index (χ1v) is 12.8. The second kappa shape index (κ2) is 8.65. The Morgan fingerprint density at radius 1 is 1.10 bits per heavy atom. The van der Waals surface area contributed by atoms with Crippen molar-refractivity contribution in [2.45, 2.75) is 37.9 Å². The number of nitrogens with zero attached hydrogens (tertiary/aromatic N) is 7. The summed E-state index contributed by atoms with van der Waals surface area (Å²) in [6, 6.07) is 9.69. The van der Waals surface area contributed by atoms with Gasteiger partial charge in [-0.2, -0.15) is 22.2 Å². The number of hydrogen-bond acceptors (Lipinski definition) is 6. The summed E-state index contributed by atoms with van der Waals surface area (Å²) in [7, 11) is 0. The van der Waals surface area contributed by atoms with E-state index in [-0.39, 0.29) is 40.5 Å². The van der Waals surface area contributed by atoms with Crippen LogP contribution in [0.25, 0.3) is 22.5 Å². The van der Waals surface area contributed by atoms with Crippen LogP contribution >= 0.6 is 11.6 Å². The maximum absolute atomic E-state index is 15.1. The topological polar surface area (TPSA) is 90.8 Å². The van der Waals surface area contributed by atoms with Crippen LogP contribution in [0.1, 0.15) is 47.3 Å². The number of alkyl halides is 3. The molecule has 8 nitrogen and oxygen atoms in total. The van der Waals surface area contributed by atoms with Gasteiger partial charge >= 0.3 is 6.18 Å². The van der Waals surface area contributed by atoms with Crippen LogP contribution in [0.2, 0.25) is 5.02 Å². The monoisotopic (exact) mass is 567 g/mol. The van der Waals surface area contributed by atoms with Gasteiger partial charge in [0.1, 0.15) is 12.2 Å². The molecule has 2 aromatic carbocycles. The van der Waals surface area contributed by atoms with Gasteiger partial charge in [0.15, 0.2) is 0 Å². The molecule has 0 bridgehead atoms. The maximum atomic E-state index is 15.1. The van der Waals surface area contributed by atoms with Crippen molar-refractivity contribution < 1.29 is 17.6 Å². The Kier molecular flexibility index (Phi) is 5.37. The van der Waals surface area contributed by atoms with Gasteiger partial charge in [0.05, 0.1) is 23.0 Å². The third kappa shape index (κ3) is 3.88. The molecule has 3 atom stereocenters. The van der Waals surface area contributed by atoms with Crippen molar-refractivity contribution in [3.05, 3.63) is 92.6 Å². The molecule has 1 saturated carbocycles. The van der Waals surface area contributed by atoms with E-state index in [0.29, 0.717) is 33.5 Å². The van der Waals surface area contributed by atoms with E-state index in [2.05, 4.69) is 20.5 Å². The molecule has 0 N–H and O–H groups in total. The molecule has 1 aliphatic carbocycles. The molecule has 0 spiro atoms. The van der Waals surface area contributed by atoms with E-state index in [9.17, 15) is 18.0 Å². The second-order valence-electron chi connectivity index (χ2n) is 10.2. The largest absolute Gasteiger partial charge is 0.416 e. The normalized spacial score (nSPS) is 21.4. The Balaban J connectivity index is 1.24. The Morgan fingerprint density at radius 3 is 2.67 bits per heavy atom. The zero-order chi connectivity index (χ0) is 27.9. The van der Waals surface area contributed by atoms with Gasteiger partial charge in [-0.05, 0) is 65.1 Å². The molecule has 40 heavy (non-hydrogen) atoms. The predicted molar refractivity (Wildman–Crippen MR) is 138 cm³/mol. The Morgan fingerprint density at radius 2 is 1.93 bits per heavy atom. The summed E-state index contributed by atoms with van der Waals surface area (Å²) in [5.74, 6) is -0.283. The quantitative estimate of drug-likeness (QED) is 0.233. The van der Waals surface area contributed by atoms with Crippen LogP contribution in [0, 0.1) is 12.8 Å². The first-order valence-electron chi connectivity index (χ1n) is 12.4. The Labute approximate surface area is 228 Å². The molecule has 3 unspecified atom stereocenters. The minimum atomic E-state index is -4.56. The molecular formula is C27H18ClF4N7O. The van der Waals surface area contributed by atoms with Crippen molar-refractivity contribution >= 4 is 22.9 Å². The van der Waals surface area contributed by atoms with E-state index in [1.807, 2.05) is 0 Å². The van der Waals surface area contributed by atoms with Gasteiger partial charge in [-0.25, -0.2) is 9.98 Å². The molecule has 13 heteroatoms. The van der Waals surface area contributed by atoms with E-state index in [4.69, 9.17) is 16.6 Å². The first kappa shape index (κ1) is 24.8. The number of aryl methyl sites for hydroxylation is 1. The summed E-state index contributed by atoms with van der Waals surface area (Å²) in [6.07, 6.45) is -2.39. The second-order valence-corrected chi connectivity index (χ2v) is 10.6. The lowest BCUT2D eigenvalue weighted by Gasteiger charge is -2.19. The third-order valence-electron chi connectivity index (χ3n) is 7.75. The fourth-order valence-electron chi connectivity index (χ4n) is 5.82. The van der Waals surface area contributed by atoms with E-state index in [1.54, 1.807) is 18.2 Å². The molecule has 0 radical (unpaired) electrons. The molecule has 202 valence electrons. The van der Waals surface area contributed by atoms with Gasteiger partial charge in [-0.1, -0.05) is 23.7 Å². The van der Waals surface area contributed by atoms with Crippen molar-refractivity contribution in [2.75, 3.05) is 0 Å². The van der Waals surface area contributed by atoms with Crippen LogP contribution in [-0.2, 0) is 6.18 Å². The van der Waals surface area contributed by atoms with Gasteiger partial charge in [-0.3, -0.25) is 9.36 Å².